The number of aromatic nitrogens is 1. The number of aliphatic imine (C=N–C) groups is 1. The SMILES string of the molecule is CCNC(=NCCCOc1ccccc1)NCCc1csc(CC)n1. The van der Waals surface area contributed by atoms with Crippen molar-refractivity contribution in [3.63, 3.8) is 0 Å². The molecular formula is C19H28N4OS. The summed E-state index contributed by atoms with van der Waals surface area (Å²) in [4.78, 5) is 9.18. The molecule has 0 radical (unpaired) electrons. The molecule has 5 nitrogen and oxygen atoms in total. The number of hydrogen-bond acceptors (Lipinski definition) is 4. The molecule has 0 saturated heterocycles. The molecule has 2 aromatic rings. The number of aryl methyl sites for hydroxylation is 1. The van der Waals surface area contributed by atoms with Crippen LogP contribution in [0.15, 0.2) is 40.7 Å². The normalized spacial score (nSPS) is 11.4. The molecule has 0 amide bonds. The molecule has 0 aliphatic rings. The lowest BCUT2D eigenvalue weighted by Crippen LogP contribution is -2.38. The van der Waals surface area contributed by atoms with E-state index in [1.54, 1.807) is 11.3 Å². The highest BCUT2D eigenvalue weighted by Gasteiger charge is 2.01. The van der Waals surface area contributed by atoms with Gasteiger partial charge in [0, 0.05) is 37.9 Å². The van der Waals surface area contributed by atoms with Gasteiger partial charge in [-0.05, 0) is 25.5 Å². The average molecular weight is 361 g/mol. The third-order valence-corrected chi connectivity index (χ3v) is 4.55. The second kappa shape index (κ2) is 11.5. The molecule has 0 saturated carbocycles. The summed E-state index contributed by atoms with van der Waals surface area (Å²) in [6.07, 6.45) is 2.81. The Labute approximate surface area is 154 Å². The zero-order chi connectivity index (χ0) is 17.7. The predicted molar refractivity (Wildman–Crippen MR) is 106 cm³/mol. The van der Waals surface area contributed by atoms with Gasteiger partial charge >= 0.3 is 0 Å². The quantitative estimate of drug-likeness (QED) is 0.388. The summed E-state index contributed by atoms with van der Waals surface area (Å²) >= 11 is 1.74. The van der Waals surface area contributed by atoms with Gasteiger partial charge in [0.1, 0.15) is 5.75 Å². The van der Waals surface area contributed by atoms with Gasteiger partial charge in [-0.15, -0.1) is 11.3 Å². The minimum absolute atomic E-state index is 0.672. The zero-order valence-electron chi connectivity index (χ0n) is 15.1. The van der Waals surface area contributed by atoms with Crippen molar-refractivity contribution >= 4 is 17.3 Å². The van der Waals surface area contributed by atoms with Crippen molar-refractivity contribution in [1.82, 2.24) is 15.6 Å². The molecule has 136 valence electrons. The third kappa shape index (κ3) is 7.56. The molecule has 2 rings (SSSR count). The summed E-state index contributed by atoms with van der Waals surface area (Å²) in [6.45, 7) is 7.30. The summed E-state index contributed by atoms with van der Waals surface area (Å²) < 4.78 is 5.68. The van der Waals surface area contributed by atoms with Crippen molar-refractivity contribution in [3.8, 4) is 5.75 Å². The number of ether oxygens (including phenoxy) is 1. The van der Waals surface area contributed by atoms with E-state index in [0.29, 0.717) is 6.61 Å². The van der Waals surface area contributed by atoms with Crippen LogP contribution in [0.4, 0.5) is 0 Å². The molecule has 1 heterocycles. The van der Waals surface area contributed by atoms with E-state index >= 15 is 0 Å². The highest BCUT2D eigenvalue weighted by Crippen LogP contribution is 2.10. The van der Waals surface area contributed by atoms with Gasteiger partial charge in [0.15, 0.2) is 5.96 Å². The van der Waals surface area contributed by atoms with Crippen LogP contribution in [0.2, 0.25) is 0 Å². The Morgan fingerprint density at radius 3 is 2.76 bits per heavy atom. The lowest BCUT2D eigenvalue weighted by atomic mass is 10.3. The van der Waals surface area contributed by atoms with Gasteiger partial charge < -0.3 is 15.4 Å². The van der Waals surface area contributed by atoms with Gasteiger partial charge in [-0.2, -0.15) is 0 Å². The smallest absolute Gasteiger partial charge is 0.191 e. The average Bonchev–Trinajstić information content (AvgIpc) is 3.10. The summed E-state index contributed by atoms with van der Waals surface area (Å²) in [5.74, 6) is 1.76. The highest BCUT2D eigenvalue weighted by atomic mass is 32.1. The maximum atomic E-state index is 5.68. The van der Waals surface area contributed by atoms with E-state index in [2.05, 4.69) is 39.8 Å². The molecule has 1 aromatic carbocycles. The minimum Gasteiger partial charge on any atom is -0.494 e. The summed E-state index contributed by atoms with van der Waals surface area (Å²) in [7, 11) is 0. The van der Waals surface area contributed by atoms with E-state index < -0.39 is 0 Å². The van der Waals surface area contributed by atoms with Gasteiger partial charge in [0.2, 0.25) is 0 Å². The first-order valence-corrected chi connectivity index (χ1v) is 9.83. The van der Waals surface area contributed by atoms with E-state index in [1.807, 2.05) is 30.3 Å². The van der Waals surface area contributed by atoms with Crippen molar-refractivity contribution in [2.24, 2.45) is 4.99 Å². The molecule has 2 N–H and O–H groups in total. The Kier molecular flexibility index (Phi) is 8.83. The molecule has 6 heteroatoms. The molecule has 25 heavy (non-hydrogen) atoms. The van der Waals surface area contributed by atoms with E-state index in [-0.39, 0.29) is 0 Å². The zero-order valence-corrected chi connectivity index (χ0v) is 15.9. The van der Waals surface area contributed by atoms with Crippen LogP contribution in [0, 0.1) is 0 Å². The molecule has 1 aromatic heterocycles. The van der Waals surface area contributed by atoms with Crippen LogP contribution in [0.1, 0.15) is 31.0 Å². The topological polar surface area (TPSA) is 58.5 Å². The van der Waals surface area contributed by atoms with Crippen LogP contribution < -0.4 is 15.4 Å². The number of para-hydroxylation sites is 1. The predicted octanol–water partition coefficient (Wildman–Crippen LogP) is 3.27. The Hall–Kier alpha value is -2.08. The Balaban J connectivity index is 1.66. The van der Waals surface area contributed by atoms with E-state index in [9.17, 15) is 0 Å². The van der Waals surface area contributed by atoms with Crippen molar-refractivity contribution in [2.75, 3.05) is 26.2 Å². The Bertz CT molecular complexity index is 627. The lowest BCUT2D eigenvalue weighted by Gasteiger charge is -2.11. The molecule has 0 aliphatic carbocycles. The lowest BCUT2D eigenvalue weighted by molar-refractivity contribution is 0.313. The Morgan fingerprint density at radius 1 is 1.20 bits per heavy atom. The summed E-state index contributed by atoms with van der Waals surface area (Å²) in [5, 5.41) is 9.99. The molecule has 0 unspecified atom stereocenters. The van der Waals surface area contributed by atoms with Gasteiger partial charge in [-0.1, -0.05) is 25.1 Å². The van der Waals surface area contributed by atoms with Gasteiger partial charge in [-0.25, -0.2) is 4.98 Å². The first-order chi connectivity index (χ1) is 12.3. The maximum absolute atomic E-state index is 5.68. The number of nitrogens with one attached hydrogen (secondary N) is 2. The van der Waals surface area contributed by atoms with E-state index in [0.717, 1.165) is 56.3 Å². The molecule has 0 bridgehead atoms. The van der Waals surface area contributed by atoms with Gasteiger partial charge in [-0.3, -0.25) is 4.99 Å². The van der Waals surface area contributed by atoms with Gasteiger partial charge in [0.25, 0.3) is 0 Å². The largest absolute Gasteiger partial charge is 0.494 e. The second-order valence-corrected chi connectivity index (χ2v) is 6.48. The molecule has 0 spiro atoms. The number of hydrogen-bond donors (Lipinski definition) is 2. The highest BCUT2D eigenvalue weighted by molar-refractivity contribution is 7.09. The summed E-state index contributed by atoms with van der Waals surface area (Å²) in [6, 6.07) is 9.88. The monoisotopic (exact) mass is 360 g/mol. The number of rotatable bonds is 10. The fourth-order valence-electron chi connectivity index (χ4n) is 2.24. The Morgan fingerprint density at radius 2 is 2.04 bits per heavy atom. The first-order valence-electron chi connectivity index (χ1n) is 8.95. The van der Waals surface area contributed by atoms with Crippen LogP contribution in [-0.4, -0.2) is 37.2 Å². The van der Waals surface area contributed by atoms with Crippen molar-refractivity contribution in [1.29, 1.82) is 0 Å². The van der Waals surface area contributed by atoms with Gasteiger partial charge in [0.05, 0.1) is 17.3 Å². The third-order valence-electron chi connectivity index (χ3n) is 3.50. The van der Waals surface area contributed by atoms with Crippen molar-refractivity contribution in [3.05, 3.63) is 46.4 Å². The molecular weight excluding hydrogens is 332 g/mol. The molecule has 0 atom stereocenters. The molecule has 0 aliphatic heterocycles. The minimum atomic E-state index is 0.672. The number of benzene rings is 1. The van der Waals surface area contributed by atoms with E-state index in [4.69, 9.17) is 4.74 Å². The number of thiazole rings is 1. The summed E-state index contributed by atoms with van der Waals surface area (Å²) in [5.41, 5.74) is 1.15. The second-order valence-electron chi connectivity index (χ2n) is 5.54. The van der Waals surface area contributed by atoms with E-state index in [1.165, 1.54) is 5.01 Å². The number of guanidine groups is 1. The van der Waals surface area contributed by atoms with Crippen LogP contribution in [0.25, 0.3) is 0 Å². The van der Waals surface area contributed by atoms with Crippen molar-refractivity contribution < 1.29 is 4.74 Å². The van der Waals surface area contributed by atoms with Crippen LogP contribution in [-0.2, 0) is 12.8 Å². The fourth-order valence-corrected chi connectivity index (χ4v) is 3.02. The number of nitrogens with zero attached hydrogens (tertiary/aromatic N) is 2. The molecule has 0 fully saturated rings. The fraction of sp³-hybridized carbons (Fsp3) is 0.474. The van der Waals surface area contributed by atoms with Crippen molar-refractivity contribution in [2.45, 2.75) is 33.1 Å². The first kappa shape index (κ1) is 19.2. The van der Waals surface area contributed by atoms with Crippen LogP contribution in [0.5, 0.6) is 5.75 Å². The maximum Gasteiger partial charge on any atom is 0.191 e. The van der Waals surface area contributed by atoms with Crippen LogP contribution >= 0.6 is 11.3 Å². The van der Waals surface area contributed by atoms with Crippen LogP contribution in [0.3, 0.4) is 0 Å². The standard InChI is InChI=1S/C19H28N4OS/c1-3-18-23-16(15-25-18)11-13-22-19(20-4-2)21-12-8-14-24-17-9-6-5-7-10-17/h5-7,9-10,15H,3-4,8,11-14H2,1-2H3,(H2,20,21,22).